The molecule has 0 aliphatic carbocycles. The standard InChI is InChI=1S/C23H27N3O2/c1-2-17-8-6-7-11-21(17)26-15-18(14-22(26)27)23(28)25-13-12-20(16-25)24-19-9-4-3-5-10-19/h3-11,18,20,24H,2,12-16H2,1H3. The van der Waals surface area contributed by atoms with E-state index in [4.69, 9.17) is 0 Å². The minimum Gasteiger partial charge on any atom is -0.380 e. The summed E-state index contributed by atoms with van der Waals surface area (Å²) >= 11 is 0. The van der Waals surface area contributed by atoms with Crippen LogP contribution in [0.25, 0.3) is 0 Å². The van der Waals surface area contributed by atoms with Crippen molar-refractivity contribution in [2.45, 2.75) is 32.2 Å². The van der Waals surface area contributed by atoms with Gasteiger partial charge in [-0.1, -0.05) is 43.3 Å². The second-order valence-electron chi connectivity index (χ2n) is 7.67. The van der Waals surface area contributed by atoms with E-state index in [1.54, 1.807) is 4.90 Å². The molecule has 5 nitrogen and oxygen atoms in total. The van der Waals surface area contributed by atoms with Crippen molar-refractivity contribution in [3.63, 3.8) is 0 Å². The molecular formula is C23H27N3O2. The number of carbonyl (C=O) groups is 2. The molecule has 4 rings (SSSR count). The Bertz CT molecular complexity index is 852. The number of nitrogens with one attached hydrogen (secondary N) is 1. The van der Waals surface area contributed by atoms with Crippen molar-refractivity contribution in [1.29, 1.82) is 0 Å². The summed E-state index contributed by atoms with van der Waals surface area (Å²) < 4.78 is 0. The Morgan fingerprint density at radius 3 is 2.61 bits per heavy atom. The molecule has 2 saturated heterocycles. The molecule has 2 fully saturated rings. The van der Waals surface area contributed by atoms with Crippen LogP contribution in [-0.2, 0) is 16.0 Å². The van der Waals surface area contributed by atoms with Crippen molar-refractivity contribution in [3.8, 4) is 0 Å². The molecule has 2 aliphatic heterocycles. The van der Waals surface area contributed by atoms with Gasteiger partial charge in [-0.3, -0.25) is 9.59 Å². The van der Waals surface area contributed by atoms with Crippen molar-refractivity contribution in [2.24, 2.45) is 5.92 Å². The summed E-state index contributed by atoms with van der Waals surface area (Å²) in [5.74, 6) is -0.0764. The number of anilines is 2. The molecule has 146 valence electrons. The van der Waals surface area contributed by atoms with E-state index >= 15 is 0 Å². The van der Waals surface area contributed by atoms with E-state index in [0.29, 0.717) is 19.5 Å². The van der Waals surface area contributed by atoms with Crippen molar-refractivity contribution < 1.29 is 9.59 Å². The molecule has 1 N–H and O–H groups in total. The zero-order valence-corrected chi connectivity index (χ0v) is 16.3. The topological polar surface area (TPSA) is 52.7 Å². The van der Waals surface area contributed by atoms with Crippen molar-refractivity contribution in [1.82, 2.24) is 4.90 Å². The zero-order valence-electron chi connectivity index (χ0n) is 16.3. The molecule has 0 spiro atoms. The number of hydrogen-bond acceptors (Lipinski definition) is 3. The van der Waals surface area contributed by atoms with Crippen molar-refractivity contribution in [2.75, 3.05) is 29.9 Å². The second kappa shape index (κ2) is 8.05. The Balaban J connectivity index is 1.39. The smallest absolute Gasteiger partial charge is 0.228 e. The minimum absolute atomic E-state index is 0.0532. The fourth-order valence-electron chi connectivity index (χ4n) is 4.29. The maximum atomic E-state index is 13.0. The first-order valence-corrected chi connectivity index (χ1v) is 10.1. The SMILES string of the molecule is CCc1ccccc1N1CC(C(=O)N2CCC(Nc3ccccc3)C2)CC1=O. The van der Waals surface area contributed by atoms with Crippen LogP contribution in [0, 0.1) is 5.92 Å². The van der Waals surface area contributed by atoms with Gasteiger partial charge < -0.3 is 15.1 Å². The van der Waals surface area contributed by atoms with E-state index in [-0.39, 0.29) is 23.8 Å². The number of carbonyl (C=O) groups excluding carboxylic acids is 2. The van der Waals surface area contributed by atoms with Gasteiger partial charge in [-0.05, 0) is 36.6 Å². The molecule has 28 heavy (non-hydrogen) atoms. The van der Waals surface area contributed by atoms with E-state index < -0.39 is 0 Å². The van der Waals surface area contributed by atoms with Crippen LogP contribution in [0.5, 0.6) is 0 Å². The molecule has 2 amide bonds. The molecule has 2 aliphatic rings. The summed E-state index contributed by atoms with van der Waals surface area (Å²) in [7, 11) is 0. The third-order valence-corrected chi connectivity index (χ3v) is 5.78. The van der Waals surface area contributed by atoms with Gasteiger partial charge in [0.25, 0.3) is 0 Å². The maximum absolute atomic E-state index is 13.0. The monoisotopic (exact) mass is 377 g/mol. The van der Waals surface area contributed by atoms with Crippen molar-refractivity contribution >= 4 is 23.2 Å². The summed E-state index contributed by atoms with van der Waals surface area (Å²) in [6, 6.07) is 18.4. The van der Waals surface area contributed by atoms with Crippen LogP contribution in [0.3, 0.4) is 0 Å². The highest BCUT2D eigenvalue weighted by Gasteiger charge is 2.39. The highest BCUT2D eigenvalue weighted by molar-refractivity contribution is 6.00. The fraction of sp³-hybridized carbons (Fsp3) is 0.391. The zero-order chi connectivity index (χ0) is 19.5. The molecule has 2 heterocycles. The van der Waals surface area contributed by atoms with Gasteiger partial charge in [-0.25, -0.2) is 0 Å². The van der Waals surface area contributed by atoms with Gasteiger partial charge in [0, 0.05) is 43.5 Å². The predicted octanol–water partition coefficient (Wildman–Crippen LogP) is 3.31. The molecule has 0 bridgehead atoms. The first-order chi connectivity index (χ1) is 13.7. The second-order valence-corrected chi connectivity index (χ2v) is 7.67. The lowest BCUT2D eigenvalue weighted by atomic mass is 10.1. The summed E-state index contributed by atoms with van der Waals surface area (Å²) in [5, 5.41) is 3.50. The Morgan fingerprint density at radius 1 is 1.07 bits per heavy atom. The lowest BCUT2D eigenvalue weighted by molar-refractivity contribution is -0.134. The van der Waals surface area contributed by atoms with E-state index in [9.17, 15) is 9.59 Å². The molecule has 2 aromatic rings. The number of rotatable bonds is 5. The van der Waals surface area contributed by atoms with E-state index in [1.165, 1.54) is 0 Å². The van der Waals surface area contributed by atoms with Gasteiger partial charge in [-0.15, -0.1) is 0 Å². The number of benzene rings is 2. The van der Waals surface area contributed by atoms with Crippen LogP contribution in [0.1, 0.15) is 25.3 Å². The van der Waals surface area contributed by atoms with Gasteiger partial charge in [0.2, 0.25) is 11.8 Å². The highest BCUT2D eigenvalue weighted by Crippen LogP contribution is 2.30. The van der Waals surface area contributed by atoms with Gasteiger partial charge in [0.1, 0.15) is 0 Å². The summed E-state index contributed by atoms with van der Waals surface area (Å²) in [6.07, 6.45) is 2.12. The maximum Gasteiger partial charge on any atom is 0.228 e. The number of amides is 2. The summed E-state index contributed by atoms with van der Waals surface area (Å²) in [6.45, 7) is 4.03. The van der Waals surface area contributed by atoms with E-state index in [2.05, 4.69) is 18.3 Å². The Hall–Kier alpha value is -2.82. The van der Waals surface area contributed by atoms with Crippen LogP contribution in [-0.4, -0.2) is 42.4 Å². The molecule has 2 unspecified atom stereocenters. The highest BCUT2D eigenvalue weighted by atomic mass is 16.2. The normalized spacial score (nSPS) is 22.0. The number of aryl methyl sites for hydroxylation is 1. The average Bonchev–Trinajstić information content (AvgIpc) is 3.35. The first kappa shape index (κ1) is 18.5. The third-order valence-electron chi connectivity index (χ3n) is 5.78. The van der Waals surface area contributed by atoms with Crippen LogP contribution >= 0.6 is 0 Å². The van der Waals surface area contributed by atoms with Gasteiger partial charge in [-0.2, -0.15) is 0 Å². The fourth-order valence-corrected chi connectivity index (χ4v) is 4.29. The number of nitrogens with zero attached hydrogens (tertiary/aromatic N) is 2. The number of para-hydroxylation sites is 2. The molecule has 2 aromatic carbocycles. The lowest BCUT2D eigenvalue weighted by Crippen LogP contribution is -2.37. The number of hydrogen-bond donors (Lipinski definition) is 1. The third kappa shape index (κ3) is 3.75. The van der Waals surface area contributed by atoms with Gasteiger partial charge >= 0.3 is 0 Å². The Morgan fingerprint density at radius 2 is 1.82 bits per heavy atom. The minimum atomic E-state index is -0.243. The van der Waals surface area contributed by atoms with Crippen LogP contribution in [0.2, 0.25) is 0 Å². The lowest BCUT2D eigenvalue weighted by Gasteiger charge is -2.22. The van der Waals surface area contributed by atoms with Crippen LogP contribution in [0.4, 0.5) is 11.4 Å². The van der Waals surface area contributed by atoms with Gasteiger partial charge in [0.15, 0.2) is 0 Å². The predicted molar refractivity (Wildman–Crippen MR) is 111 cm³/mol. The molecule has 0 aromatic heterocycles. The Kier molecular flexibility index (Phi) is 5.33. The molecular weight excluding hydrogens is 350 g/mol. The van der Waals surface area contributed by atoms with E-state index in [0.717, 1.165) is 36.3 Å². The van der Waals surface area contributed by atoms with Crippen LogP contribution < -0.4 is 10.2 Å². The first-order valence-electron chi connectivity index (χ1n) is 10.1. The number of likely N-dealkylation sites (tertiary alicyclic amines) is 1. The van der Waals surface area contributed by atoms with E-state index in [1.807, 2.05) is 53.4 Å². The molecule has 2 atom stereocenters. The largest absolute Gasteiger partial charge is 0.380 e. The average molecular weight is 377 g/mol. The quantitative estimate of drug-likeness (QED) is 0.870. The Labute approximate surface area is 166 Å². The summed E-state index contributed by atoms with van der Waals surface area (Å²) in [5.41, 5.74) is 3.19. The molecule has 0 saturated carbocycles. The molecule has 5 heteroatoms. The van der Waals surface area contributed by atoms with Crippen molar-refractivity contribution in [3.05, 3.63) is 60.2 Å². The summed E-state index contributed by atoms with van der Waals surface area (Å²) in [4.78, 5) is 29.4. The van der Waals surface area contributed by atoms with Gasteiger partial charge in [0.05, 0.1) is 5.92 Å². The molecule has 0 radical (unpaired) electrons. The van der Waals surface area contributed by atoms with Crippen LogP contribution in [0.15, 0.2) is 54.6 Å².